The third-order valence-corrected chi connectivity index (χ3v) is 22.9. The molecule has 0 saturated carbocycles. The lowest BCUT2D eigenvalue weighted by molar-refractivity contribution is 0.565. The Morgan fingerprint density at radius 3 is 1.40 bits per heavy atom. The Bertz CT molecular complexity index is 1960. The molecule has 246 valence electrons. The lowest BCUT2D eigenvalue weighted by atomic mass is 9.98. The van der Waals surface area contributed by atoms with Gasteiger partial charge in [0.05, 0.1) is 16.1 Å². The number of rotatable bonds is 10. The SMILES string of the molecule is CC[Si](C)(CC)c1cc2ccccc2c2c1op(N(C(C)C)[C@H](C)c1ccccc1)oc1c([Si](C)(CC)CC)cc3ccccc3c12. The van der Waals surface area contributed by atoms with Crippen LogP contribution in [0.4, 0.5) is 0 Å². The fraction of sp³-hybridized carbons (Fsp3) is 0.366. The third kappa shape index (κ3) is 5.84. The second-order valence-electron chi connectivity index (χ2n) is 14.2. The molecule has 47 heavy (non-hydrogen) atoms. The standard InChI is InChI=1S/C41H52NO2PSi2/c1-10-46(8,11-2)36-27-32-23-17-19-25-34(32)38-39-35-26-20-18-24-33(35)28-37(47(9,12-3)13-4)41(39)44-45(43-40(36)38)42(29(5)6)30(7)31-21-15-14-16-22-31/h14-30H,10-13H2,1-9H3/t30-/m1/s1. The van der Waals surface area contributed by atoms with Gasteiger partial charge < -0.3 is 8.39 Å². The molecule has 6 heteroatoms. The van der Waals surface area contributed by atoms with Crippen molar-refractivity contribution in [2.45, 2.75) is 97.8 Å². The average molecular weight is 678 g/mol. The molecule has 0 unspecified atom stereocenters. The normalized spacial score (nSPS) is 13.4. The quantitative estimate of drug-likeness (QED) is 0.135. The van der Waals surface area contributed by atoms with Gasteiger partial charge in [-0.05, 0) is 58.3 Å². The van der Waals surface area contributed by atoms with Crippen LogP contribution >= 0.6 is 8.16 Å². The van der Waals surface area contributed by atoms with Gasteiger partial charge in [0.1, 0.15) is 11.2 Å². The van der Waals surface area contributed by atoms with Gasteiger partial charge in [0.15, 0.2) is 0 Å². The van der Waals surface area contributed by atoms with E-state index in [9.17, 15) is 0 Å². The molecule has 0 N–H and O–H groups in total. The zero-order valence-corrected chi connectivity index (χ0v) is 32.7. The van der Waals surface area contributed by atoms with Crippen molar-refractivity contribution >= 4 is 78.2 Å². The van der Waals surface area contributed by atoms with E-state index >= 15 is 0 Å². The molecule has 0 spiro atoms. The van der Waals surface area contributed by atoms with Crippen LogP contribution in [0.5, 0.6) is 0 Å². The summed E-state index contributed by atoms with van der Waals surface area (Å²) in [6, 6.07) is 38.8. The molecular formula is C41H52NO2PSi2. The molecule has 5 aromatic carbocycles. The van der Waals surface area contributed by atoms with Crippen molar-refractivity contribution in [1.29, 1.82) is 0 Å². The molecule has 0 aliphatic rings. The minimum absolute atomic E-state index is 0.113. The second kappa shape index (κ2) is 13.4. The van der Waals surface area contributed by atoms with Crippen molar-refractivity contribution in [3.8, 4) is 0 Å². The summed E-state index contributed by atoms with van der Waals surface area (Å²) in [5.74, 6) is 0. The van der Waals surface area contributed by atoms with Gasteiger partial charge in [0, 0.05) is 22.9 Å². The molecule has 6 rings (SSSR count). The number of hydrogen-bond donors (Lipinski definition) is 0. The first-order valence-corrected chi connectivity index (χ1v) is 24.7. The van der Waals surface area contributed by atoms with Gasteiger partial charge in [0.2, 0.25) is 0 Å². The minimum Gasteiger partial charge on any atom is -0.408 e. The van der Waals surface area contributed by atoms with E-state index in [0.29, 0.717) is 0 Å². The molecule has 0 aliphatic heterocycles. The average Bonchev–Trinajstić information content (AvgIpc) is 3.28. The topological polar surface area (TPSA) is 29.5 Å². The van der Waals surface area contributed by atoms with Crippen LogP contribution in [0.2, 0.25) is 37.3 Å². The van der Waals surface area contributed by atoms with Crippen molar-refractivity contribution in [2.75, 3.05) is 4.67 Å². The summed E-state index contributed by atoms with van der Waals surface area (Å²) in [6.45, 7) is 21.5. The summed E-state index contributed by atoms with van der Waals surface area (Å²) in [6.07, 6.45) is 0. The predicted octanol–water partition coefficient (Wildman–Crippen LogP) is 12.4. The monoisotopic (exact) mass is 677 g/mol. The summed E-state index contributed by atoms with van der Waals surface area (Å²) < 4.78 is 17.7. The van der Waals surface area contributed by atoms with E-state index in [-0.39, 0.29) is 12.1 Å². The van der Waals surface area contributed by atoms with Crippen LogP contribution < -0.4 is 15.0 Å². The van der Waals surface area contributed by atoms with Crippen LogP contribution in [0.3, 0.4) is 0 Å². The summed E-state index contributed by atoms with van der Waals surface area (Å²) >= 11 is 0. The predicted molar refractivity (Wildman–Crippen MR) is 214 cm³/mol. The molecule has 0 amide bonds. The lowest BCUT2D eigenvalue weighted by Crippen LogP contribution is -2.43. The van der Waals surface area contributed by atoms with E-state index in [1.807, 2.05) is 0 Å². The molecule has 0 fully saturated rings. The molecule has 0 radical (unpaired) electrons. The van der Waals surface area contributed by atoms with Crippen LogP contribution in [-0.2, 0) is 0 Å². The van der Waals surface area contributed by atoms with E-state index < -0.39 is 24.3 Å². The van der Waals surface area contributed by atoms with Crippen LogP contribution in [-0.4, -0.2) is 22.2 Å². The smallest absolute Gasteiger partial charge is 0.310 e. The molecule has 1 heterocycles. The molecule has 1 atom stereocenters. The molecule has 0 bridgehead atoms. The van der Waals surface area contributed by atoms with E-state index in [0.717, 1.165) is 35.3 Å². The Labute approximate surface area is 284 Å². The van der Waals surface area contributed by atoms with E-state index in [4.69, 9.17) is 8.39 Å². The largest absolute Gasteiger partial charge is 0.408 e. The van der Waals surface area contributed by atoms with Crippen molar-refractivity contribution in [1.82, 2.24) is 0 Å². The Balaban J connectivity index is 1.95. The number of fused-ring (bicyclic) bond motifs is 7. The van der Waals surface area contributed by atoms with Crippen molar-refractivity contribution in [3.05, 3.63) is 96.6 Å². The summed E-state index contributed by atoms with van der Waals surface area (Å²) in [5.41, 5.74) is 3.41. The first-order chi connectivity index (χ1) is 22.6. The highest BCUT2D eigenvalue weighted by Gasteiger charge is 2.34. The fourth-order valence-electron chi connectivity index (χ4n) is 7.43. The van der Waals surface area contributed by atoms with Gasteiger partial charge in [-0.25, -0.2) is 0 Å². The zero-order chi connectivity index (χ0) is 33.5. The summed E-state index contributed by atoms with van der Waals surface area (Å²) in [7, 11) is -5.33. The molecule has 1 aromatic heterocycles. The van der Waals surface area contributed by atoms with Gasteiger partial charge in [-0.3, -0.25) is 0 Å². The lowest BCUT2D eigenvalue weighted by Gasteiger charge is -2.30. The Kier molecular flexibility index (Phi) is 9.66. The van der Waals surface area contributed by atoms with Gasteiger partial charge in [-0.1, -0.05) is 156 Å². The molecule has 6 aromatic rings. The summed E-state index contributed by atoms with van der Waals surface area (Å²) in [5, 5.41) is 10.4. The fourth-order valence-corrected chi connectivity index (χ4v) is 14.3. The molecule has 3 nitrogen and oxygen atoms in total. The zero-order valence-electron chi connectivity index (χ0n) is 29.9. The van der Waals surface area contributed by atoms with Crippen LogP contribution in [0, 0.1) is 0 Å². The molecule has 0 aliphatic carbocycles. The molecule has 0 saturated heterocycles. The van der Waals surface area contributed by atoms with Crippen molar-refractivity contribution < 1.29 is 8.39 Å². The highest BCUT2D eigenvalue weighted by Crippen LogP contribution is 2.46. The Morgan fingerprint density at radius 1 is 0.596 bits per heavy atom. The van der Waals surface area contributed by atoms with Crippen molar-refractivity contribution in [2.24, 2.45) is 0 Å². The Morgan fingerprint density at radius 2 is 1.00 bits per heavy atom. The van der Waals surface area contributed by atoms with E-state index in [2.05, 4.69) is 157 Å². The summed E-state index contributed by atoms with van der Waals surface area (Å²) in [4.78, 5) is 0. The highest BCUT2D eigenvalue weighted by molar-refractivity contribution is 7.39. The second-order valence-corrected chi connectivity index (χ2v) is 25.7. The van der Waals surface area contributed by atoms with Crippen LogP contribution in [0.1, 0.15) is 60.1 Å². The number of nitrogens with zero attached hydrogens (tertiary/aromatic N) is 1. The van der Waals surface area contributed by atoms with Gasteiger partial charge in [0.25, 0.3) is 0 Å². The van der Waals surface area contributed by atoms with E-state index in [1.54, 1.807) is 0 Å². The molecular weight excluding hydrogens is 626 g/mol. The number of hydrogen-bond acceptors (Lipinski definition) is 3. The maximum Gasteiger partial charge on any atom is 0.310 e. The number of benzene rings is 5. The first kappa shape index (κ1) is 33.8. The van der Waals surface area contributed by atoms with Gasteiger partial charge >= 0.3 is 8.16 Å². The minimum atomic E-state index is -1.91. The van der Waals surface area contributed by atoms with Crippen LogP contribution in [0.15, 0.2) is 99.4 Å². The first-order valence-electron chi connectivity index (χ1n) is 17.7. The highest BCUT2D eigenvalue weighted by atomic mass is 31.1. The van der Waals surface area contributed by atoms with E-state index in [1.165, 1.54) is 48.3 Å². The van der Waals surface area contributed by atoms with Crippen molar-refractivity contribution in [3.63, 3.8) is 0 Å². The van der Waals surface area contributed by atoms with Gasteiger partial charge in [-0.2, -0.15) is 4.67 Å². The maximum atomic E-state index is 7.60. The van der Waals surface area contributed by atoms with Crippen LogP contribution in [0.25, 0.3) is 43.5 Å². The van der Waals surface area contributed by atoms with Gasteiger partial charge in [-0.15, -0.1) is 0 Å². The Hall–Kier alpha value is -3.09. The maximum absolute atomic E-state index is 7.60. The third-order valence-electron chi connectivity index (χ3n) is 11.4.